The van der Waals surface area contributed by atoms with Gasteiger partial charge in [0.25, 0.3) is 5.56 Å². The van der Waals surface area contributed by atoms with Crippen molar-refractivity contribution in [2.24, 2.45) is 5.92 Å². The van der Waals surface area contributed by atoms with Crippen LogP contribution in [0, 0.1) is 5.92 Å². The summed E-state index contributed by atoms with van der Waals surface area (Å²) in [4.78, 5) is 31.7. The van der Waals surface area contributed by atoms with E-state index >= 15 is 0 Å². The molecule has 2 atom stereocenters. The zero-order valence-corrected chi connectivity index (χ0v) is 18.6. The molecule has 0 bridgehead atoms. The maximum Gasteiger partial charge on any atom is 0.255 e. The first-order valence-electron chi connectivity index (χ1n) is 10.8. The Labute approximate surface area is 191 Å². The lowest BCUT2D eigenvalue weighted by Gasteiger charge is -2.06. The molecule has 7 heteroatoms. The zero-order chi connectivity index (χ0) is 23.0. The summed E-state index contributed by atoms with van der Waals surface area (Å²) >= 11 is 0. The quantitative estimate of drug-likeness (QED) is 0.454. The van der Waals surface area contributed by atoms with E-state index in [0.717, 1.165) is 22.9 Å². The van der Waals surface area contributed by atoms with Crippen molar-refractivity contribution < 1.29 is 13.2 Å². The largest absolute Gasteiger partial charge is 0.329 e. The first-order valence-corrected chi connectivity index (χ1v) is 12.4. The summed E-state index contributed by atoms with van der Waals surface area (Å²) in [6, 6.07) is 19.4. The molecule has 1 N–H and O–H groups in total. The zero-order valence-electron chi connectivity index (χ0n) is 17.8. The van der Waals surface area contributed by atoms with E-state index in [4.69, 9.17) is 0 Å². The van der Waals surface area contributed by atoms with Crippen LogP contribution in [0.25, 0.3) is 10.8 Å². The molecule has 1 fully saturated rings. The van der Waals surface area contributed by atoms with Crippen LogP contribution in [0.15, 0.2) is 88.8 Å². The molecule has 1 aliphatic rings. The van der Waals surface area contributed by atoms with Crippen LogP contribution >= 0.6 is 0 Å². The molecule has 0 radical (unpaired) electrons. The standard InChI is InChI=1S/C26H22N2O4S/c29-25(14-17-4-9-22-19(13-17)10-12-28-26(22)30)24-15-23(24)18-5-7-21(8-6-18)33(31,32)16-20-3-1-2-11-27-20/h1-13,23-24H,14-16H2,(H,28,30)/t23?,24-/m1/s1. The molecule has 0 spiro atoms. The monoisotopic (exact) mass is 458 g/mol. The molecule has 0 amide bonds. The molecular weight excluding hydrogens is 436 g/mol. The number of aromatic amines is 1. The Morgan fingerprint density at radius 2 is 1.85 bits per heavy atom. The number of hydrogen-bond donors (Lipinski definition) is 1. The number of ketones is 1. The maximum absolute atomic E-state index is 12.8. The van der Waals surface area contributed by atoms with Gasteiger partial charge >= 0.3 is 0 Å². The summed E-state index contributed by atoms with van der Waals surface area (Å²) in [6.45, 7) is 0. The highest BCUT2D eigenvalue weighted by molar-refractivity contribution is 7.90. The molecule has 2 aromatic carbocycles. The van der Waals surface area contributed by atoms with Crippen molar-refractivity contribution in [1.82, 2.24) is 9.97 Å². The highest BCUT2D eigenvalue weighted by Crippen LogP contribution is 2.48. The molecule has 2 aromatic heterocycles. The number of sulfone groups is 1. The van der Waals surface area contributed by atoms with Gasteiger partial charge in [-0.3, -0.25) is 14.6 Å². The van der Waals surface area contributed by atoms with Crippen molar-refractivity contribution >= 4 is 26.4 Å². The first-order chi connectivity index (χ1) is 15.9. The third-order valence-corrected chi connectivity index (χ3v) is 7.82. The molecule has 1 aliphatic carbocycles. The number of hydrogen-bond acceptors (Lipinski definition) is 5. The van der Waals surface area contributed by atoms with Gasteiger partial charge in [0.15, 0.2) is 9.84 Å². The van der Waals surface area contributed by atoms with Gasteiger partial charge in [-0.25, -0.2) is 8.42 Å². The Bertz CT molecular complexity index is 1490. The molecule has 4 aromatic rings. The van der Waals surface area contributed by atoms with Crippen LogP contribution in [-0.2, 0) is 26.8 Å². The molecule has 2 heterocycles. The minimum atomic E-state index is -3.48. The van der Waals surface area contributed by atoms with Crippen molar-refractivity contribution in [3.63, 3.8) is 0 Å². The van der Waals surface area contributed by atoms with E-state index in [-0.39, 0.29) is 33.8 Å². The van der Waals surface area contributed by atoms with Crippen LogP contribution in [0.3, 0.4) is 0 Å². The number of nitrogens with one attached hydrogen (secondary N) is 1. The lowest BCUT2D eigenvalue weighted by molar-refractivity contribution is -0.119. The molecular formula is C26H22N2O4S. The van der Waals surface area contributed by atoms with Gasteiger partial charge in [-0.15, -0.1) is 0 Å². The Morgan fingerprint density at radius 1 is 1.03 bits per heavy atom. The molecule has 33 heavy (non-hydrogen) atoms. The first kappa shape index (κ1) is 21.3. The van der Waals surface area contributed by atoms with Crippen LogP contribution in [-0.4, -0.2) is 24.2 Å². The Morgan fingerprint density at radius 3 is 2.61 bits per heavy atom. The molecule has 0 aliphatic heterocycles. The second-order valence-corrected chi connectivity index (χ2v) is 10.5. The summed E-state index contributed by atoms with van der Waals surface area (Å²) in [6.07, 6.45) is 4.27. The average molecular weight is 459 g/mol. The van der Waals surface area contributed by atoms with Gasteiger partial charge in [0.05, 0.1) is 16.3 Å². The number of rotatable bonds is 7. The predicted molar refractivity (Wildman–Crippen MR) is 126 cm³/mol. The third-order valence-electron chi connectivity index (χ3n) is 6.15. The third kappa shape index (κ3) is 4.50. The number of Topliss-reactive ketones (excluding diaryl/α,β-unsaturated/α-hetero) is 1. The summed E-state index contributed by atoms with van der Waals surface area (Å²) in [5.41, 5.74) is 2.24. The lowest BCUT2D eigenvalue weighted by Crippen LogP contribution is -2.08. The highest BCUT2D eigenvalue weighted by atomic mass is 32.2. The van der Waals surface area contributed by atoms with Crippen molar-refractivity contribution in [2.75, 3.05) is 0 Å². The van der Waals surface area contributed by atoms with E-state index in [1.807, 2.05) is 30.3 Å². The van der Waals surface area contributed by atoms with Crippen molar-refractivity contribution in [3.8, 4) is 0 Å². The SMILES string of the molecule is O=C(Cc1ccc2c(=O)[nH]ccc2c1)[C@@H]1CC1c1ccc(S(=O)(=O)Cc2ccccn2)cc1. The van der Waals surface area contributed by atoms with E-state index in [9.17, 15) is 18.0 Å². The smallest absolute Gasteiger partial charge is 0.255 e. The number of fused-ring (bicyclic) bond motifs is 1. The maximum atomic E-state index is 12.8. The van der Waals surface area contributed by atoms with Gasteiger partial charge < -0.3 is 4.98 Å². The summed E-state index contributed by atoms with van der Waals surface area (Å²) in [5, 5.41) is 1.43. The van der Waals surface area contributed by atoms with Crippen molar-refractivity contribution in [1.29, 1.82) is 0 Å². The number of nitrogens with zero attached hydrogens (tertiary/aromatic N) is 1. The fourth-order valence-corrected chi connectivity index (χ4v) is 5.56. The summed E-state index contributed by atoms with van der Waals surface area (Å²) < 4.78 is 25.3. The van der Waals surface area contributed by atoms with E-state index in [1.165, 1.54) is 0 Å². The normalized spacial score (nSPS) is 17.7. The number of carbonyl (C=O) groups is 1. The van der Waals surface area contributed by atoms with Gasteiger partial charge in [-0.2, -0.15) is 0 Å². The van der Waals surface area contributed by atoms with E-state index < -0.39 is 9.84 Å². The Balaban J connectivity index is 1.25. The van der Waals surface area contributed by atoms with Crippen molar-refractivity contribution in [3.05, 3.63) is 106 Å². The summed E-state index contributed by atoms with van der Waals surface area (Å²) in [5.74, 6) is 0.0789. The number of aromatic nitrogens is 2. The van der Waals surface area contributed by atoms with Gasteiger partial charge in [0.1, 0.15) is 5.78 Å². The van der Waals surface area contributed by atoms with Gasteiger partial charge in [0, 0.05) is 30.1 Å². The molecule has 6 nitrogen and oxygen atoms in total. The Kier molecular flexibility index (Phi) is 5.42. The lowest BCUT2D eigenvalue weighted by atomic mass is 10.0. The number of pyridine rings is 2. The number of benzene rings is 2. The Hall–Kier alpha value is -3.58. The fourth-order valence-electron chi connectivity index (χ4n) is 4.29. The van der Waals surface area contributed by atoms with Crippen LogP contribution in [0.2, 0.25) is 0 Å². The topological polar surface area (TPSA) is 97.0 Å². The minimum Gasteiger partial charge on any atom is -0.329 e. The van der Waals surface area contributed by atoms with Crippen LogP contribution < -0.4 is 5.56 Å². The van der Waals surface area contributed by atoms with Gasteiger partial charge in [-0.05, 0) is 65.3 Å². The number of carbonyl (C=O) groups excluding carboxylic acids is 1. The van der Waals surface area contributed by atoms with Gasteiger partial charge in [-0.1, -0.05) is 30.3 Å². The second-order valence-electron chi connectivity index (χ2n) is 8.47. The molecule has 5 rings (SSSR count). The van der Waals surface area contributed by atoms with Gasteiger partial charge in [0.2, 0.25) is 0 Å². The molecule has 0 saturated heterocycles. The average Bonchev–Trinajstić information content (AvgIpc) is 3.61. The molecule has 1 saturated carbocycles. The highest BCUT2D eigenvalue weighted by Gasteiger charge is 2.43. The fraction of sp³-hybridized carbons (Fsp3) is 0.192. The van der Waals surface area contributed by atoms with E-state index in [1.54, 1.807) is 48.8 Å². The van der Waals surface area contributed by atoms with Crippen molar-refractivity contribution in [2.45, 2.75) is 29.4 Å². The molecule has 1 unspecified atom stereocenters. The van der Waals surface area contributed by atoms with Crippen LogP contribution in [0.5, 0.6) is 0 Å². The molecule has 166 valence electrons. The summed E-state index contributed by atoms with van der Waals surface area (Å²) in [7, 11) is -3.48. The van der Waals surface area contributed by atoms with E-state index in [2.05, 4.69) is 9.97 Å². The minimum absolute atomic E-state index is 0.0594. The predicted octanol–water partition coefficient (Wildman–Crippen LogP) is 3.81. The van der Waals surface area contributed by atoms with E-state index in [0.29, 0.717) is 17.5 Å². The van der Waals surface area contributed by atoms with Crippen LogP contribution in [0.4, 0.5) is 0 Å². The van der Waals surface area contributed by atoms with Crippen LogP contribution in [0.1, 0.15) is 29.2 Å². The second kappa shape index (κ2) is 8.41. The number of H-pyrrole nitrogens is 1.